The third-order valence-corrected chi connectivity index (χ3v) is 6.54. The molecular formula is C22H24N4O. The highest BCUT2D eigenvalue weighted by Crippen LogP contribution is 2.42. The Morgan fingerprint density at radius 1 is 1.11 bits per heavy atom. The van der Waals surface area contributed by atoms with Gasteiger partial charge in [-0.05, 0) is 18.6 Å². The molecule has 0 saturated carbocycles. The monoisotopic (exact) mass is 360 g/mol. The number of rotatable bonds is 2. The van der Waals surface area contributed by atoms with E-state index in [9.17, 15) is 10.1 Å². The molecule has 138 valence electrons. The van der Waals surface area contributed by atoms with Crippen molar-refractivity contribution in [1.29, 1.82) is 5.26 Å². The maximum atomic E-state index is 12.6. The zero-order valence-electron chi connectivity index (χ0n) is 15.8. The minimum absolute atomic E-state index is 0.0674. The van der Waals surface area contributed by atoms with Crippen molar-refractivity contribution < 1.29 is 4.79 Å². The van der Waals surface area contributed by atoms with Crippen molar-refractivity contribution in [3.8, 4) is 6.07 Å². The van der Waals surface area contributed by atoms with Crippen LogP contribution in [0.5, 0.6) is 0 Å². The van der Waals surface area contributed by atoms with E-state index in [1.54, 1.807) is 0 Å². The topological polar surface area (TPSA) is 50.6 Å². The lowest BCUT2D eigenvalue weighted by molar-refractivity contribution is -0.137. The Kier molecular flexibility index (Phi) is 3.66. The summed E-state index contributed by atoms with van der Waals surface area (Å²) in [5.74, 6) is 0.363. The maximum absolute atomic E-state index is 12.6. The van der Waals surface area contributed by atoms with Crippen molar-refractivity contribution in [2.75, 3.05) is 24.7 Å². The number of hydrogen-bond donors (Lipinski definition) is 0. The first-order chi connectivity index (χ1) is 13.1. The van der Waals surface area contributed by atoms with Crippen LogP contribution in [-0.4, -0.2) is 53.6 Å². The molecule has 3 aliphatic heterocycles. The number of likely N-dealkylation sites (tertiary alicyclic amines) is 1. The molecular weight excluding hydrogens is 336 g/mol. The molecule has 3 heterocycles. The van der Waals surface area contributed by atoms with E-state index in [2.05, 4.69) is 32.9 Å². The number of benzene rings is 2. The minimum atomic E-state index is 0.0674. The average Bonchev–Trinajstić information content (AvgIpc) is 3.37. The standard InChI is InChI=1S/C22H24N4O/c1-14(2)22(27)25-11-16-9-20(25)21-12-24(13-26(16)21)19-8-7-15(10-23)17-5-3-4-6-18(17)19/h3-8,14,16,20-21H,9,11-13H2,1-2H3/t16-,20-,21-/m0/s1. The number of hydrogen-bond acceptors (Lipinski definition) is 4. The number of amides is 1. The first-order valence-electron chi connectivity index (χ1n) is 9.81. The van der Waals surface area contributed by atoms with Crippen LogP contribution >= 0.6 is 0 Å². The van der Waals surface area contributed by atoms with E-state index in [4.69, 9.17) is 0 Å². The molecule has 0 aromatic heterocycles. The van der Waals surface area contributed by atoms with Crippen LogP contribution in [0.4, 0.5) is 5.69 Å². The predicted molar refractivity (Wildman–Crippen MR) is 105 cm³/mol. The zero-order chi connectivity index (χ0) is 18.7. The van der Waals surface area contributed by atoms with E-state index in [1.165, 1.54) is 5.69 Å². The van der Waals surface area contributed by atoms with Gasteiger partial charge in [0.2, 0.25) is 5.91 Å². The van der Waals surface area contributed by atoms with Crippen LogP contribution in [0.3, 0.4) is 0 Å². The lowest BCUT2D eigenvalue weighted by Crippen LogP contribution is -2.53. The van der Waals surface area contributed by atoms with E-state index >= 15 is 0 Å². The quantitative estimate of drug-likeness (QED) is 0.826. The molecule has 2 aromatic carbocycles. The predicted octanol–water partition coefficient (Wildman–Crippen LogP) is 2.80. The normalized spacial score (nSPS) is 26.8. The first-order valence-corrected chi connectivity index (χ1v) is 9.81. The summed E-state index contributed by atoms with van der Waals surface area (Å²) in [6.45, 7) is 6.72. The van der Waals surface area contributed by atoms with Gasteiger partial charge < -0.3 is 9.80 Å². The Morgan fingerprint density at radius 2 is 1.89 bits per heavy atom. The van der Waals surface area contributed by atoms with E-state index in [1.807, 2.05) is 38.1 Å². The van der Waals surface area contributed by atoms with Crippen molar-refractivity contribution in [3.63, 3.8) is 0 Å². The SMILES string of the molecule is CC(C)C(=O)N1C[C@@H]2C[C@H]1[C@@H]1CN(c3ccc(C#N)c4ccccc34)CN21. The van der Waals surface area contributed by atoms with Gasteiger partial charge in [0.05, 0.1) is 24.3 Å². The fourth-order valence-electron chi connectivity index (χ4n) is 5.28. The summed E-state index contributed by atoms with van der Waals surface area (Å²) >= 11 is 0. The van der Waals surface area contributed by atoms with Crippen molar-refractivity contribution in [2.45, 2.75) is 38.4 Å². The Bertz CT molecular complexity index is 962. The van der Waals surface area contributed by atoms with Gasteiger partial charge >= 0.3 is 0 Å². The van der Waals surface area contributed by atoms with Crippen LogP contribution in [0.2, 0.25) is 0 Å². The molecule has 1 amide bonds. The van der Waals surface area contributed by atoms with Crippen LogP contribution in [-0.2, 0) is 4.79 Å². The molecule has 0 unspecified atom stereocenters. The molecule has 2 aromatic rings. The van der Waals surface area contributed by atoms with Gasteiger partial charge in [-0.2, -0.15) is 5.26 Å². The number of piperazine rings is 1. The summed E-state index contributed by atoms with van der Waals surface area (Å²) in [7, 11) is 0. The Labute approximate surface area is 159 Å². The summed E-state index contributed by atoms with van der Waals surface area (Å²) in [5, 5.41) is 11.6. The number of nitriles is 1. The van der Waals surface area contributed by atoms with Gasteiger partial charge in [0, 0.05) is 47.6 Å². The second-order valence-electron chi connectivity index (χ2n) is 8.34. The number of nitrogens with zero attached hydrogens (tertiary/aromatic N) is 4. The number of carbonyl (C=O) groups is 1. The molecule has 3 fully saturated rings. The average molecular weight is 360 g/mol. The van der Waals surface area contributed by atoms with Crippen molar-refractivity contribution in [3.05, 3.63) is 42.0 Å². The van der Waals surface area contributed by atoms with Crippen LogP contribution in [0.15, 0.2) is 36.4 Å². The highest BCUT2D eigenvalue weighted by molar-refractivity contribution is 5.98. The molecule has 27 heavy (non-hydrogen) atoms. The number of fused-ring (bicyclic) bond motifs is 6. The second kappa shape index (κ2) is 5.97. The van der Waals surface area contributed by atoms with Crippen molar-refractivity contribution >= 4 is 22.4 Å². The molecule has 5 rings (SSSR count). The highest BCUT2D eigenvalue weighted by atomic mass is 16.2. The summed E-state index contributed by atoms with van der Waals surface area (Å²) in [5.41, 5.74) is 1.92. The molecule has 3 aliphatic rings. The smallest absolute Gasteiger partial charge is 0.225 e. The van der Waals surface area contributed by atoms with E-state index < -0.39 is 0 Å². The summed E-state index contributed by atoms with van der Waals surface area (Å²) in [6.07, 6.45) is 1.12. The minimum Gasteiger partial charge on any atom is -0.356 e. The van der Waals surface area contributed by atoms with Gasteiger partial charge in [0.25, 0.3) is 0 Å². The molecule has 3 atom stereocenters. The Hall–Kier alpha value is -2.58. The summed E-state index contributed by atoms with van der Waals surface area (Å²) < 4.78 is 0. The molecule has 0 N–H and O–H groups in total. The van der Waals surface area contributed by atoms with Gasteiger partial charge in [-0.25, -0.2) is 0 Å². The van der Waals surface area contributed by atoms with Crippen LogP contribution in [0, 0.1) is 17.2 Å². The molecule has 2 bridgehead atoms. The first kappa shape index (κ1) is 16.6. The van der Waals surface area contributed by atoms with Gasteiger partial charge in [-0.15, -0.1) is 0 Å². The fraction of sp³-hybridized carbons (Fsp3) is 0.455. The van der Waals surface area contributed by atoms with Crippen LogP contribution in [0.25, 0.3) is 10.8 Å². The molecule has 5 nitrogen and oxygen atoms in total. The second-order valence-corrected chi connectivity index (χ2v) is 8.34. The maximum Gasteiger partial charge on any atom is 0.225 e. The lowest BCUT2D eigenvalue weighted by Gasteiger charge is -2.36. The van der Waals surface area contributed by atoms with Crippen molar-refractivity contribution in [1.82, 2.24) is 9.80 Å². The van der Waals surface area contributed by atoms with E-state index in [0.29, 0.717) is 24.0 Å². The largest absolute Gasteiger partial charge is 0.356 e. The third-order valence-electron chi connectivity index (χ3n) is 6.54. The highest BCUT2D eigenvalue weighted by Gasteiger charge is 2.55. The molecule has 0 spiro atoms. The summed E-state index contributed by atoms with van der Waals surface area (Å²) in [6, 6.07) is 15.7. The fourth-order valence-corrected chi connectivity index (χ4v) is 5.28. The van der Waals surface area contributed by atoms with Gasteiger partial charge in [0.15, 0.2) is 0 Å². The molecule has 0 radical (unpaired) electrons. The Morgan fingerprint density at radius 3 is 2.63 bits per heavy atom. The van der Waals surface area contributed by atoms with Crippen molar-refractivity contribution in [2.24, 2.45) is 5.92 Å². The Balaban J connectivity index is 1.46. The van der Waals surface area contributed by atoms with Gasteiger partial charge in [-0.1, -0.05) is 38.1 Å². The number of anilines is 1. The third kappa shape index (κ3) is 2.36. The van der Waals surface area contributed by atoms with Gasteiger partial charge in [0.1, 0.15) is 0 Å². The van der Waals surface area contributed by atoms with Crippen LogP contribution in [0.1, 0.15) is 25.8 Å². The molecule has 5 heteroatoms. The van der Waals surface area contributed by atoms with E-state index in [0.717, 1.165) is 42.5 Å². The number of carbonyl (C=O) groups excluding carboxylic acids is 1. The lowest BCUT2D eigenvalue weighted by atomic mass is 10.0. The van der Waals surface area contributed by atoms with E-state index in [-0.39, 0.29) is 5.92 Å². The van der Waals surface area contributed by atoms with Gasteiger partial charge in [-0.3, -0.25) is 9.69 Å². The summed E-state index contributed by atoms with van der Waals surface area (Å²) in [4.78, 5) is 19.7. The molecule has 3 saturated heterocycles. The zero-order valence-corrected chi connectivity index (χ0v) is 15.8. The van der Waals surface area contributed by atoms with Crippen LogP contribution < -0.4 is 4.90 Å². The molecule has 0 aliphatic carbocycles.